The van der Waals surface area contributed by atoms with E-state index in [1.165, 1.54) is 4.90 Å². The maximum absolute atomic E-state index is 11.2. The molecule has 0 aliphatic rings. The monoisotopic (exact) mass is 238 g/mol. The number of rotatable bonds is 6. The van der Waals surface area contributed by atoms with E-state index in [0.717, 1.165) is 18.6 Å². The molecule has 0 bridgehead atoms. The molecular formula is C13H18O2S. The maximum atomic E-state index is 11.2. The number of esters is 1. The van der Waals surface area contributed by atoms with Crippen LogP contribution in [0.2, 0.25) is 0 Å². The summed E-state index contributed by atoms with van der Waals surface area (Å²) in [6, 6.07) is 7.70. The van der Waals surface area contributed by atoms with Crippen molar-refractivity contribution in [2.75, 3.05) is 5.75 Å². The van der Waals surface area contributed by atoms with Crippen molar-refractivity contribution in [1.82, 2.24) is 0 Å². The average molecular weight is 238 g/mol. The third-order valence-electron chi connectivity index (χ3n) is 1.98. The van der Waals surface area contributed by atoms with Crippen molar-refractivity contribution in [3.63, 3.8) is 0 Å². The van der Waals surface area contributed by atoms with Gasteiger partial charge in [-0.05, 0) is 42.9 Å². The van der Waals surface area contributed by atoms with Crippen molar-refractivity contribution in [3.05, 3.63) is 24.3 Å². The minimum absolute atomic E-state index is 0.156. The van der Waals surface area contributed by atoms with Gasteiger partial charge in [-0.1, -0.05) is 13.8 Å². The highest BCUT2D eigenvalue weighted by Gasteiger charge is 2.02. The SMILES string of the molecule is CCCSc1ccc(OC(=O)CCC)cc1. The van der Waals surface area contributed by atoms with Crippen LogP contribution < -0.4 is 4.74 Å². The zero-order valence-corrected chi connectivity index (χ0v) is 10.7. The van der Waals surface area contributed by atoms with E-state index in [4.69, 9.17) is 4.74 Å². The summed E-state index contributed by atoms with van der Waals surface area (Å²) in [6.45, 7) is 4.12. The van der Waals surface area contributed by atoms with Crippen LogP contribution in [0.3, 0.4) is 0 Å². The average Bonchev–Trinajstić information content (AvgIpc) is 2.28. The third-order valence-corrected chi connectivity index (χ3v) is 3.20. The molecule has 1 aromatic carbocycles. The van der Waals surface area contributed by atoms with Gasteiger partial charge in [-0.2, -0.15) is 0 Å². The Morgan fingerprint density at radius 1 is 1.19 bits per heavy atom. The Labute approximate surface area is 101 Å². The van der Waals surface area contributed by atoms with Crippen LogP contribution in [0.15, 0.2) is 29.2 Å². The van der Waals surface area contributed by atoms with Crippen molar-refractivity contribution in [2.45, 2.75) is 38.0 Å². The van der Waals surface area contributed by atoms with E-state index >= 15 is 0 Å². The first-order valence-electron chi connectivity index (χ1n) is 5.69. The summed E-state index contributed by atoms with van der Waals surface area (Å²) in [7, 11) is 0. The van der Waals surface area contributed by atoms with Crippen LogP contribution in [0.1, 0.15) is 33.1 Å². The molecule has 0 unspecified atom stereocenters. The van der Waals surface area contributed by atoms with Crippen LogP contribution in [0.25, 0.3) is 0 Å². The van der Waals surface area contributed by atoms with Gasteiger partial charge in [0.05, 0.1) is 0 Å². The summed E-state index contributed by atoms with van der Waals surface area (Å²) in [4.78, 5) is 12.5. The normalized spacial score (nSPS) is 10.1. The summed E-state index contributed by atoms with van der Waals surface area (Å²) in [5.41, 5.74) is 0. The number of hydrogen-bond donors (Lipinski definition) is 0. The van der Waals surface area contributed by atoms with Crippen LogP contribution in [-0.2, 0) is 4.79 Å². The van der Waals surface area contributed by atoms with Crippen LogP contribution >= 0.6 is 11.8 Å². The Bertz CT molecular complexity index is 319. The zero-order chi connectivity index (χ0) is 11.8. The quantitative estimate of drug-likeness (QED) is 0.427. The predicted octanol–water partition coefficient (Wildman–Crippen LogP) is 3.89. The van der Waals surface area contributed by atoms with Gasteiger partial charge in [-0.3, -0.25) is 4.79 Å². The number of carbonyl (C=O) groups excluding carboxylic acids is 1. The van der Waals surface area contributed by atoms with Gasteiger partial charge in [0.15, 0.2) is 0 Å². The lowest BCUT2D eigenvalue weighted by Gasteiger charge is -2.04. The molecule has 0 radical (unpaired) electrons. The van der Waals surface area contributed by atoms with E-state index in [1.54, 1.807) is 0 Å². The van der Waals surface area contributed by atoms with Crippen molar-refractivity contribution in [2.24, 2.45) is 0 Å². The Morgan fingerprint density at radius 3 is 2.44 bits per heavy atom. The minimum atomic E-state index is -0.156. The second-order valence-corrected chi connectivity index (χ2v) is 4.71. The summed E-state index contributed by atoms with van der Waals surface area (Å²) >= 11 is 1.82. The van der Waals surface area contributed by atoms with E-state index in [-0.39, 0.29) is 5.97 Å². The molecule has 0 aromatic heterocycles. The molecule has 0 heterocycles. The van der Waals surface area contributed by atoms with Gasteiger partial charge in [0.2, 0.25) is 0 Å². The molecule has 3 heteroatoms. The lowest BCUT2D eigenvalue weighted by Crippen LogP contribution is -2.06. The van der Waals surface area contributed by atoms with Crippen molar-refractivity contribution < 1.29 is 9.53 Å². The van der Waals surface area contributed by atoms with E-state index in [0.29, 0.717) is 12.2 Å². The van der Waals surface area contributed by atoms with Gasteiger partial charge in [0.25, 0.3) is 0 Å². The first kappa shape index (κ1) is 13.1. The molecule has 88 valence electrons. The lowest BCUT2D eigenvalue weighted by atomic mass is 10.3. The smallest absolute Gasteiger partial charge is 0.311 e. The second kappa shape index (κ2) is 7.34. The molecule has 0 amide bonds. The van der Waals surface area contributed by atoms with E-state index in [1.807, 2.05) is 43.0 Å². The number of carbonyl (C=O) groups is 1. The van der Waals surface area contributed by atoms with Crippen LogP contribution in [0.5, 0.6) is 5.75 Å². The Hall–Kier alpha value is -0.960. The molecular weight excluding hydrogens is 220 g/mol. The highest BCUT2D eigenvalue weighted by Crippen LogP contribution is 2.22. The first-order chi connectivity index (χ1) is 7.76. The molecule has 0 saturated heterocycles. The second-order valence-electron chi connectivity index (χ2n) is 3.54. The molecule has 0 N–H and O–H groups in total. The Balaban J connectivity index is 2.47. The molecule has 1 rings (SSSR count). The molecule has 0 atom stereocenters. The van der Waals surface area contributed by atoms with Gasteiger partial charge in [-0.25, -0.2) is 0 Å². The molecule has 1 aromatic rings. The van der Waals surface area contributed by atoms with Crippen molar-refractivity contribution >= 4 is 17.7 Å². The van der Waals surface area contributed by atoms with Crippen LogP contribution in [-0.4, -0.2) is 11.7 Å². The van der Waals surface area contributed by atoms with E-state index in [2.05, 4.69) is 6.92 Å². The summed E-state index contributed by atoms with van der Waals surface area (Å²) in [5.74, 6) is 1.60. The largest absolute Gasteiger partial charge is 0.427 e. The zero-order valence-electron chi connectivity index (χ0n) is 9.86. The third kappa shape index (κ3) is 4.71. The number of hydrogen-bond acceptors (Lipinski definition) is 3. The van der Waals surface area contributed by atoms with E-state index in [9.17, 15) is 4.79 Å². The Morgan fingerprint density at radius 2 is 1.88 bits per heavy atom. The van der Waals surface area contributed by atoms with Gasteiger partial charge < -0.3 is 4.74 Å². The lowest BCUT2D eigenvalue weighted by molar-refractivity contribution is -0.134. The Kier molecular flexibility index (Phi) is 6.01. The van der Waals surface area contributed by atoms with Crippen molar-refractivity contribution in [3.8, 4) is 5.75 Å². The summed E-state index contributed by atoms with van der Waals surface area (Å²) in [6.07, 6.45) is 2.47. The van der Waals surface area contributed by atoms with Crippen molar-refractivity contribution in [1.29, 1.82) is 0 Å². The van der Waals surface area contributed by atoms with E-state index < -0.39 is 0 Å². The summed E-state index contributed by atoms with van der Waals surface area (Å²) < 4.78 is 5.17. The highest BCUT2D eigenvalue weighted by molar-refractivity contribution is 7.99. The number of ether oxygens (including phenoxy) is 1. The number of thioether (sulfide) groups is 1. The molecule has 0 saturated carbocycles. The van der Waals surface area contributed by atoms with Gasteiger partial charge >= 0.3 is 5.97 Å². The van der Waals surface area contributed by atoms with Gasteiger partial charge in [0, 0.05) is 11.3 Å². The maximum Gasteiger partial charge on any atom is 0.311 e. The van der Waals surface area contributed by atoms with Gasteiger partial charge in [-0.15, -0.1) is 11.8 Å². The first-order valence-corrected chi connectivity index (χ1v) is 6.68. The van der Waals surface area contributed by atoms with Crippen LogP contribution in [0, 0.1) is 0 Å². The predicted molar refractivity (Wildman–Crippen MR) is 68.0 cm³/mol. The molecule has 0 aliphatic carbocycles. The topological polar surface area (TPSA) is 26.3 Å². The fourth-order valence-corrected chi connectivity index (χ4v) is 1.98. The fraction of sp³-hybridized carbons (Fsp3) is 0.462. The molecule has 2 nitrogen and oxygen atoms in total. The minimum Gasteiger partial charge on any atom is -0.427 e. The molecule has 0 fully saturated rings. The highest BCUT2D eigenvalue weighted by atomic mass is 32.2. The number of benzene rings is 1. The summed E-state index contributed by atoms with van der Waals surface area (Å²) in [5, 5.41) is 0. The van der Waals surface area contributed by atoms with Crippen LogP contribution in [0.4, 0.5) is 0 Å². The standard InChI is InChI=1S/C13H18O2S/c1-3-5-13(14)15-11-6-8-12(9-7-11)16-10-4-2/h6-9H,3-5,10H2,1-2H3. The molecule has 0 aliphatic heterocycles. The molecule has 16 heavy (non-hydrogen) atoms. The fourth-order valence-electron chi connectivity index (χ4n) is 1.21. The molecule has 0 spiro atoms. The van der Waals surface area contributed by atoms with Gasteiger partial charge in [0.1, 0.15) is 5.75 Å².